The Labute approximate surface area is 164 Å². The average Bonchev–Trinajstić information content (AvgIpc) is 3.21. The van der Waals surface area contributed by atoms with E-state index < -0.39 is 9.84 Å². The van der Waals surface area contributed by atoms with Crippen molar-refractivity contribution in [2.75, 3.05) is 13.1 Å². The minimum atomic E-state index is -3.84. The van der Waals surface area contributed by atoms with E-state index in [9.17, 15) is 13.2 Å². The molecular weight excluding hydrogens is 378 g/mol. The van der Waals surface area contributed by atoms with Gasteiger partial charge >= 0.3 is 6.03 Å². The van der Waals surface area contributed by atoms with Crippen molar-refractivity contribution in [2.24, 2.45) is 0 Å². The second kappa shape index (κ2) is 8.26. The number of para-hydroxylation sites is 1. The molecule has 0 fully saturated rings. The summed E-state index contributed by atoms with van der Waals surface area (Å²) in [5.74, 6) is 1.18. The molecule has 0 bridgehead atoms. The van der Waals surface area contributed by atoms with Crippen molar-refractivity contribution in [3.63, 3.8) is 0 Å². The Bertz CT molecular complexity index is 1040. The quantitative estimate of drug-likeness (QED) is 0.629. The number of hydrogen-bond donors (Lipinski definition) is 0. The normalized spacial score (nSPS) is 11.2. The molecule has 0 saturated heterocycles. The fourth-order valence-electron chi connectivity index (χ4n) is 2.63. The summed E-state index contributed by atoms with van der Waals surface area (Å²) >= 11 is 0. The Morgan fingerprint density at radius 2 is 1.57 bits per heavy atom. The van der Waals surface area contributed by atoms with Gasteiger partial charge in [-0.3, -0.25) is 0 Å². The zero-order valence-electron chi connectivity index (χ0n) is 15.6. The molecule has 0 N–H and O–H groups in total. The summed E-state index contributed by atoms with van der Waals surface area (Å²) in [7, 11) is -3.84. The lowest BCUT2D eigenvalue weighted by Gasteiger charge is -2.17. The Balaban J connectivity index is 1.80. The number of hydrogen-bond acceptors (Lipinski definition) is 5. The van der Waals surface area contributed by atoms with Crippen molar-refractivity contribution in [3.8, 4) is 11.5 Å². The highest BCUT2D eigenvalue weighted by Gasteiger charge is 2.23. The van der Waals surface area contributed by atoms with Crippen LogP contribution in [0.5, 0.6) is 11.5 Å². The lowest BCUT2D eigenvalue weighted by atomic mass is 10.3. The van der Waals surface area contributed by atoms with Crippen molar-refractivity contribution >= 4 is 15.9 Å². The number of sulfone groups is 1. The van der Waals surface area contributed by atoms with E-state index in [4.69, 9.17) is 4.74 Å². The molecule has 0 spiro atoms. The molecule has 0 saturated carbocycles. The van der Waals surface area contributed by atoms with Gasteiger partial charge in [-0.15, -0.1) is 0 Å². The summed E-state index contributed by atoms with van der Waals surface area (Å²) in [5.41, 5.74) is 0. The number of carbonyl (C=O) groups excluding carboxylic acids is 1. The van der Waals surface area contributed by atoms with E-state index in [-0.39, 0.29) is 16.0 Å². The summed E-state index contributed by atoms with van der Waals surface area (Å²) in [6.45, 7) is 4.73. The van der Waals surface area contributed by atoms with Gasteiger partial charge in [0.15, 0.2) is 5.03 Å². The van der Waals surface area contributed by atoms with E-state index in [1.54, 1.807) is 17.0 Å². The Morgan fingerprint density at radius 3 is 2.18 bits per heavy atom. The van der Waals surface area contributed by atoms with Crippen LogP contribution in [-0.4, -0.2) is 42.2 Å². The maximum absolute atomic E-state index is 12.8. The summed E-state index contributed by atoms with van der Waals surface area (Å²) in [5, 5.41) is 3.80. The van der Waals surface area contributed by atoms with E-state index in [1.165, 1.54) is 24.4 Å². The molecule has 1 heterocycles. The molecule has 0 radical (unpaired) electrons. The van der Waals surface area contributed by atoms with Gasteiger partial charge in [-0.05, 0) is 56.3 Å². The van der Waals surface area contributed by atoms with Crippen molar-refractivity contribution in [3.05, 3.63) is 66.9 Å². The third-order valence-electron chi connectivity index (χ3n) is 4.18. The monoisotopic (exact) mass is 399 g/mol. The molecule has 0 unspecified atom stereocenters. The molecule has 0 aliphatic carbocycles. The van der Waals surface area contributed by atoms with E-state index in [0.717, 1.165) is 4.68 Å². The molecule has 0 aliphatic heterocycles. The smallest absolute Gasteiger partial charge is 0.344 e. The van der Waals surface area contributed by atoms with Crippen LogP contribution in [0.1, 0.15) is 13.8 Å². The molecule has 28 heavy (non-hydrogen) atoms. The third kappa shape index (κ3) is 4.07. The highest BCUT2D eigenvalue weighted by molar-refractivity contribution is 7.91. The fraction of sp³-hybridized carbons (Fsp3) is 0.200. The number of benzene rings is 2. The largest absolute Gasteiger partial charge is 0.457 e. The zero-order chi connectivity index (χ0) is 20.1. The van der Waals surface area contributed by atoms with Crippen LogP contribution in [0, 0.1) is 0 Å². The second-order valence-electron chi connectivity index (χ2n) is 5.94. The number of ether oxygens (including phenoxy) is 1. The van der Waals surface area contributed by atoms with Gasteiger partial charge in [0.05, 0.1) is 4.90 Å². The van der Waals surface area contributed by atoms with Crippen LogP contribution in [0.15, 0.2) is 76.8 Å². The molecular formula is C20H21N3O4S. The summed E-state index contributed by atoms with van der Waals surface area (Å²) in [6, 6.07) is 16.2. The highest BCUT2D eigenvalue weighted by Crippen LogP contribution is 2.25. The summed E-state index contributed by atoms with van der Waals surface area (Å²) in [4.78, 5) is 13.9. The van der Waals surface area contributed by atoms with Crippen molar-refractivity contribution < 1.29 is 17.9 Å². The summed E-state index contributed by atoms with van der Waals surface area (Å²) in [6.07, 6.45) is 1.36. The molecule has 8 heteroatoms. The summed E-state index contributed by atoms with van der Waals surface area (Å²) < 4.78 is 32.3. The van der Waals surface area contributed by atoms with Gasteiger partial charge in [-0.2, -0.15) is 9.78 Å². The van der Waals surface area contributed by atoms with E-state index in [1.807, 2.05) is 44.2 Å². The lowest BCUT2D eigenvalue weighted by Crippen LogP contribution is -2.34. The number of carbonyl (C=O) groups is 1. The van der Waals surface area contributed by atoms with Gasteiger partial charge in [0.25, 0.3) is 0 Å². The van der Waals surface area contributed by atoms with Crippen LogP contribution in [-0.2, 0) is 9.84 Å². The highest BCUT2D eigenvalue weighted by atomic mass is 32.2. The van der Waals surface area contributed by atoms with Crippen LogP contribution in [0.4, 0.5) is 4.79 Å². The third-order valence-corrected chi connectivity index (χ3v) is 5.84. The lowest BCUT2D eigenvalue weighted by molar-refractivity contribution is 0.201. The minimum Gasteiger partial charge on any atom is -0.457 e. The number of nitrogens with zero attached hydrogens (tertiary/aromatic N) is 3. The van der Waals surface area contributed by atoms with Crippen LogP contribution in [0.3, 0.4) is 0 Å². The van der Waals surface area contributed by atoms with Gasteiger partial charge in [0, 0.05) is 19.3 Å². The van der Waals surface area contributed by atoms with Gasteiger partial charge in [-0.1, -0.05) is 18.2 Å². The molecule has 146 valence electrons. The van der Waals surface area contributed by atoms with Crippen molar-refractivity contribution in [1.82, 2.24) is 14.7 Å². The van der Waals surface area contributed by atoms with Gasteiger partial charge in [0.2, 0.25) is 9.84 Å². The topological polar surface area (TPSA) is 81.5 Å². The number of aromatic nitrogens is 2. The van der Waals surface area contributed by atoms with Crippen LogP contribution < -0.4 is 4.74 Å². The predicted octanol–water partition coefficient (Wildman–Crippen LogP) is 3.82. The molecule has 3 aromatic rings. The minimum absolute atomic E-state index is 0.0773. The fourth-order valence-corrected chi connectivity index (χ4v) is 3.80. The molecule has 0 aliphatic rings. The molecule has 7 nitrogen and oxygen atoms in total. The number of rotatable bonds is 6. The second-order valence-corrected chi connectivity index (χ2v) is 7.84. The zero-order valence-corrected chi connectivity index (χ0v) is 16.5. The Hall–Kier alpha value is -3.13. The van der Waals surface area contributed by atoms with Gasteiger partial charge in [0.1, 0.15) is 11.5 Å². The Morgan fingerprint density at radius 1 is 0.964 bits per heavy atom. The predicted molar refractivity (Wildman–Crippen MR) is 104 cm³/mol. The SMILES string of the molecule is CCN(CC)C(=O)n1ccc(S(=O)(=O)c2ccc(Oc3ccccc3)cc2)n1. The average molecular weight is 399 g/mol. The van der Waals surface area contributed by atoms with Crippen molar-refractivity contribution in [2.45, 2.75) is 23.8 Å². The van der Waals surface area contributed by atoms with Gasteiger partial charge in [-0.25, -0.2) is 13.2 Å². The first kappa shape index (κ1) is 19.6. The van der Waals surface area contributed by atoms with Crippen LogP contribution in [0.25, 0.3) is 0 Å². The molecule has 2 aromatic carbocycles. The standard InChI is InChI=1S/C20H21N3O4S/c1-3-22(4-2)20(24)23-15-14-19(21-23)28(25,26)18-12-10-17(11-13-18)27-16-8-6-5-7-9-16/h5-15H,3-4H2,1-2H3. The molecule has 3 rings (SSSR count). The Kier molecular flexibility index (Phi) is 5.79. The first-order valence-electron chi connectivity index (χ1n) is 8.88. The van der Waals surface area contributed by atoms with Gasteiger partial charge < -0.3 is 9.64 Å². The van der Waals surface area contributed by atoms with E-state index in [2.05, 4.69) is 5.10 Å². The van der Waals surface area contributed by atoms with E-state index in [0.29, 0.717) is 24.6 Å². The number of amides is 1. The van der Waals surface area contributed by atoms with Crippen LogP contribution in [0.2, 0.25) is 0 Å². The molecule has 0 atom stereocenters. The van der Waals surface area contributed by atoms with Crippen LogP contribution >= 0.6 is 0 Å². The molecule has 1 aromatic heterocycles. The maximum Gasteiger partial charge on any atom is 0.344 e. The van der Waals surface area contributed by atoms with E-state index >= 15 is 0 Å². The first-order chi connectivity index (χ1) is 13.5. The molecule has 1 amide bonds. The van der Waals surface area contributed by atoms with Crippen molar-refractivity contribution in [1.29, 1.82) is 0 Å². The first-order valence-corrected chi connectivity index (χ1v) is 10.4. The maximum atomic E-state index is 12.8.